The molecule has 0 radical (unpaired) electrons. The van der Waals surface area contributed by atoms with Crippen LogP contribution in [0.25, 0.3) is 0 Å². The second-order valence-electron chi connectivity index (χ2n) is 7.17. The van der Waals surface area contributed by atoms with Crippen LogP contribution in [0, 0.1) is 5.92 Å². The Kier molecular flexibility index (Phi) is 5.24. The minimum Gasteiger partial charge on any atom is -0.408 e. The summed E-state index contributed by atoms with van der Waals surface area (Å²) >= 11 is 0. The molecule has 0 unspecified atom stereocenters. The number of nitrogens with zero attached hydrogens (tertiary/aromatic N) is 5. The van der Waals surface area contributed by atoms with E-state index in [0.717, 1.165) is 12.8 Å². The van der Waals surface area contributed by atoms with Crippen LogP contribution in [0.5, 0.6) is 0 Å². The van der Waals surface area contributed by atoms with E-state index in [2.05, 4.69) is 10.2 Å². The third-order valence-electron chi connectivity index (χ3n) is 5.08. The van der Waals surface area contributed by atoms with Crippen LogP contribution in [-0.4, -0.2) is 71.1 Å². The van der Waals surface area contributed by atoms with Crippen molar-refractivity contribution in [3.63, 3.8) is 0 Å². The fourth-order valence-electron chi connectivity index (χ4n) is 3.41. The standard InChI is InChI=1S/C17H27N5O3/c1-12(2)15-18-19-17(25-15)22-10-8-21(9-11-22)16(24)14-4-6-20(7-5-14)13(3)23/h12,14H,4-11H2,1-3H3. The van der Waals surface area contributed by atoms with E-state index in [9.17, 15) is 9.59 Å². The van der Waals surface area contributed by atoms with E-state index in [1.807, 2.05) is 28.5 Å². The zero-order valence-electron chi connectivity index (χ0n) is 15.3. The lowest BCUT2D eigenvalue weighted by Crippen LogP contribution is -2.52. The van der Waals surface area contributed by atoms with E-state index in [1.54, 1.807) is 6.92 Å². The second-order valence-corrected chi connectivity index (χ2v) is 7.17. The zero-order chi connectivity index (χ0) is 18.0. The van der Waals surface area contributed by atoms with E-state index >= 15 is 0 Å². The molecular formula is C17H27N5O3. The Morgan fingerprint density at radius 2 is 1.64 bits per heavy atom. The van der Waals surface area contributed by atoms with Crippen LogP contribution in [0.15, 0.2) is 4.42 Å². The maximum Gasteiger partial charge on any atom is 0.318 e. The minimum absolute atomic E-state index is 0.0399. The van der Waals surface area contributed by atoms with E-state index < -0.39 is 0 Å². The van der Waals surface area contributed by atoms with Gasteiger partial charge < -0.3 is 19.1 Å². The van der Waals surface area contributed by atoms with Gasteiger partial charge in [0.1, 0.15) is 0 Å². The summed E-state index contributed by atoms with van der Waals surface area (Å²) in [5.41, 5.74) is 0. The van der Waals surface area contributed by atoms with Crippen molar-refractivity contribution >= 4 is 17.8 Å². The summed E-state index contributed by atoms with van der Waals surface area (Å²) in [6, 6.07) is 0.547. The molecule has 2 aliphatic heterocycles. The highest BCUT2D eigenvalue weighted by molar-refractivity contribution is 5.80. The Bertz CT molecular complexity index is 614. The van der Waals surface area contributed by atoms with E-state index in [1.165, 1.54) is 0 Å². The molecule has 3 heterocycles. The summed E-state index contributed by atoms with van der Waals surface area (Å²) in [4.78, 5) is 29.9. The Balaban J connectivity index is 1.50. The number of hydrogen-bond acceptors (Lipinski definition) is 6. The van der Waals surface area contributed by atoms with Gasteiger partial charge in [-0.25, -0.2) is 0 Å². The maximum atomic E-state index is 12.7. The van der Waals surface area contributed by atoms with Crippen molar-refractivity contribution in [2.75, 3.05) is 44.2 Å². The zero-order valence-corrected chi connectivity index (χ0v) is 15.3. The first-order chi connectivity index (χ1) is 12.0. The summed E-state index contributed by atoms with van der Waals surface area (Å²) < 4.78 is 5.69. The Hall–Kier alpha value is -2.12. The number of carbonyl (C=O) groups excluding carboxylic acids is 2. The maximum absolute atomic E-state index is 12.7. The van der Waals surface area contributed by atoms with E-state index in [0.29, 0.717) is 51.2 Å². The van der Waals surface area contributed by atoms with Crippen LogP contribution >= 0.6 is 0 Å². The summed E-state index contributed by atoms with van der Waals surface area (Å²) in [7, 11) is 0. The van der Waals surface area contributed by atoms with Gasteiger partial charge in [0.15, 0.2) is 0 Å². The molecule has 2 saturated heterocycles. The quantitative estimate of drug-likeness (QED) is 0.813. The average Bonchev–Trinajstić information content (AvgIpc) is 3.12. The molecule has 0 N–H and O–H groups in total. The molecule has 0 aromatic carbocycles. The number of piperazine rings is 1. The van der Waals surface area contributed by atoms with Gasteiger partial charge in [0.25, 0.3) is 0 Å². The topological polar surface area (TPSA) is 82.8 Å². The third-order valence-corrected chi connectivity index (χ3v) is 5.08. The molecule has 1 aromatic heterocycles. The van der Waals surface area contributed by atoms with Crippen molar-refractivity contribution in [3.8, 4) is 0 Å². The molecule has 25 heavy (non-hydrogen) atoms. The molecule has 0 aliphatic carbocycles. The van der Waals surface area contributed by atoms with Crippen LogP contribution in [0.4, 0.5) is 6.01 Å². The molecule has 0 saturated carbocycles. The van der Waals surface area contributed by atoms with Gasteiger partial charge in [-0.2, -0.15) is 0 Å². The summed E-state index contributed by atoms with van der Waals surface area (Å²) in [5, 5.41) is 8.18. The monoisotopic (exact) mass is 349 g/mol. The van der Waals surface area contributed by atoms with Gasteiger partial charge >= 0.3 is 6.01 Å². The van der Waals surface area contributed by atoms with Crippen molar-refractivity contribution < 1.29 is 14.0 Å². The number of carbonyl (C=O) groups is 2. The Morgan fingerprint density at radius 1 is 1.00 bits per heavy atom. The second kappa shape index (κ2) is 7.41. The number of likely N-dealkylation sites (tertiary alicyclic amines) is 1. The Morgan fingerprint density at radius 3 is 2.16 bits per heavy atom. The van der Waals surface area contributed by atoms with Gasteiger partial charge in [-0.15, -0.1) is 5.10 Å². The molecule has 138 valence electrons. The molecule has 3 rings (SSSR count). The number of rotatable bonds is 3. The van der Waals surface area contributed by atoms with Crippen molar-refractivity contribution in [1.29, 1.82) is 0 Å². The van der Waals surface area contributed by atoms with Gasteiger partial charge in [0.2, 0.25) is 17.7 Å². The number of piperidine rings is 1. The lowest BCUT2D eigenvalue weighted by Gasteiger charge is -2.37. The highest BCUT2D eigenvalue weighted by Gasteiger charge is 2.31. The van der Waals surface area contributed by atoms with Gasteiger partial charge in [0.05, 0.1) is 0 Å². The molecule has 1 aromatic rings. The van der Waals surface area contributed by atoms with E-state index in [4.69, 9.17) is 4.42 Å². The van der Waals surface area contributed by atoms with Gasteiger partial charge in [-0.1, -0.05) is 18.9 Å². The predicted octanol–water partition coefficient (Wildman–Crippen LogP) is 1.10. The highest BCUT2D eigenvalue weighted by atomic mass is 16.4. The molecule has 8 heteroatoms. The summed E-state index contributed by atoms with van der Waals surface area (Å²) in [6.45, 7) is 9.75. The van der Waals surface area contributed by atoms with E-state index in [-0.39, 0.29) is 23.7 Å². The van der Waals surface area contributed by atoms with Crippen LogP contribution < -0.4 is 4.90 Å². The molecule has 8 nitrogen and oxygen atoms in total. The predicted molar refractivity (Wildman–Crippen MR) is 92.2 cm³/mol. The summed E-state index contributed by atoms with van der Waals surface area (Å²) in [5.74, 6) is 1.21. The third kappa shape index (κ3) is 3.93. The number of amides is 2. The largest absolute Gasteiger partial charge is 0.408 e. The minimum atomic E-state index is 0.0399. The van der Waals surface area contributed by atoms with Crippen molar-refractivity contribution in [3.05, 3.63) is 5.89 Å². The SMILES string of the molecule is CC(=O)N1CCC(C(=O)N2CCN(c3nnc(C(C)C)o3)CC2)CC1. The fraction of sp³-hybridized carbons (Fsp3) is 0.765. The van der Waals surface area contributed by atoms with Crippen LogP contribution in [-0.2, 0) is 9.59 Å². The van der Waals surface area contributed by atoms with Crippen LogP contribution in [0.3, 0.4) is 0 Å². The number of aromatic nitrogens is 2. The van der Waals surface area contributed by atoms with Gasteiger partial charge in [0, 0.05) is 58.0 Å². The smallest absolute Gasteiger partial charge is 0.318 e. The molecule has 2 amide bonds. The summed E-state index contributed by atoms with van der Waals surface area (Å²) in [6.07, 6.45) is 1.53. The molecule has 0 spiro atoms. The van der Waals surface area contributed by atoms with Gasteiger partial charge in [-0.05, 0) is 12.8 Å². The van der Waals surface area contributed by atoms with Crippen molar-refractivity contribution in [2.45, 2.75) is 39.5 Å². The first-order valence-electron chi connectivity index (χ1n) is 9.08. The molecule has 2 fully saturated rings. The number of anilines is 1. The average molecular weight is 349 g/mol. The molecule has 0 bridgehead atoms. The Labute approximate surface area is 148 Å². The lowest BCUT2D eigenvalue weighted by atomic mass is 9.95. The highest BCUT2D eigenvalue weighted by Crippen LogP contribution is 2.23. The van der Waals surface area contributed by atoms with Crippen molar-refractivity contribution in [1.82, 2.24) is 20.0 Å². The fourth-order valence-corrected chi connectivity index (χ4v) is 3.41. The van der Waals surface area contributed by atoms with Crippen LogP contribution in [0.1, 0.15) is 45.4 Å². The van der Waals surface area contributed by atoms with Crippen LogP contribution in [0.2, 0.25) is 0 Å². The molecular weight excluding hydrogens is 322 g/mol. The molecule has 2 aliphatic rings. The lowest BCUT2D eigenvalue weighted by molar-refractivity contribution is -0.140. The van der Waals surface area contributed by atoms with Gasteiger partial charge in [-0.3, -0.25) is 9.59 Å². The first kappa shape index (κ1) is 17.7. The van der Waals surface area contributed by atoms with Crippen molar-refractivity contribution in [2.24, 2.45) is 5.92 Å². The number of hydrogen-bond donors (Lipinski definition) is 0. The molecule has 0 atom stereocenters. The normalized spacial score (nSPS) is 19.6. The first-order valence-corrected chi connectivity index (χ1v) is 9.08.